The van der Waals surface area contributed by atoms with Gasteiger partial charge in [-0.2, -0.15) is 0 Å². The highest BCUT2D eigenvalue weighted by Crippen LogP contribution is 2.18. The molecule has 0 fully saturated rings. The van der Waals surface area contributed by atoms with E-state index in [0.29, 0.717) is 18.7 Å². The van der Waals surface area contributed by atoms with E-state index in [1.807, 2.05) is 67.5 Å². The molecule has 0 aromatic heterocycles. The molecule has 0 saturated carbocycles. The average molecular weight is 392 g/mol. The number of rotatable bonds is 8. The number of halogens is 1. The van der Waals surface area contributed by atoms with Crippen LogP contribution in [0.1, 0.15) is 27.5 Å². The van der Waals surface area contributed by atoms with Crippen molar-refractivity contribution in [3.8, 4) is 5.75 Å². The number of ether oxygens (including phenoxy) is 1. The second-order valence-electron chi connectivity index (χ2n) is 7.04. The van der Waals surface area contributed by atoms with Crippen LogP contribution in [0.15, 0.2) is 78.9 Å². The molecule has 3 rings (SSSR count). The van der Waals surface area contributed by atoms with Gasteiger partial charge in [-0.15, -0.1) is 0 Å². The fraction of sp³-hybridized carbons (Fsp3) is 0.208. The smallest absolute Gasteiger partial charge is 0.251 e. The summed E-state index contributed by atoms with van der Waals surface area (Å²) in [7, 11) is 3.81. The lowest BCUT2D eigenvalue weighted by Crippen LogP contribution is -2.34. The average Bonchev–Trinajstić information content (AvgIpc) is 2.73. The van der Waals surface area contributed by atoms with Crippen LogP contribution in [-0.2, 0) is 6.61 Å². The topological polar surface area (TPSA) is 41.6 Å². The van der Waals surface area contributed by atoms with E-state index in [2.05, 4.69) is 5.32 Å². The maximum atomic E-state index is 13.5. The third-order valence-corrected chi connectivity index (χ3v) is 4.68. The third kappa shape index (κ3) is 5.90. The van der Waals surface area contributed by atoms with E-state index >= 15 is 0 Å². The van der Waals surface area contributed by atoms with Crippen LogP contribution in [0, 0.1) is 5.82 Å². The maximum absolute atomic E-state index is 13.5. The lowest BCUT2D eigenvalue weighted by atomic mass is 10.1. The Kier molecular flexibility index (Phi) is 6.98. The molecule has 5 heteroatoms. The molecule has 0 bridgehead atoms. The van der Waals surface area contributed by atoms with Gasteiger partial charge in [0.1, 0.15) is 18.2 Å². The minimum atomic E-state index is -0.283. The van der Waals surface area contributed by atoms with Crippen molar-refractivity contribution < 1.29 is 13.9 Å². The van der Waals surface area contributed by atoms with Gasteiger partial charge >= 0.3 is 0 Å². The van der Waals surface area contributed by atoms with Gasteiger partial charge in [-0.05, 0) is 61.6 Å². The molecule has 1 amide bonds. The van der Waals surface area contributed by atoms with E-state index in [1.54, 1.807) is 18.2 Å². The van der Waals surface area contributed by atoms with Crippen LogP contribution in [0.2, 0.25) is 0 Å². The number of nitrogens with one attached hydrogen (secondary N) is 1. The monoisotopic (exact) mass is 392 g/mol. The first-order chi connectivity index (χ1) is 14.0. The number of benzene rings is 3. The van der Waals surface area contributed by atoms with Crippen LogP contribution in [0.3, 0.4) is 0 Å². The van der Waals surface area contributed by atoms with Gasteiger partial charge in [-0.3, -0.25) is 4.79 Å². The molecule has 29 heavy (non-hydrogen) atoms. The largest absolute Gasteiger partial charge is 0.489 e. The lowest BCUT2D eigenvalue weighted by Gasteiger charge is -2.25. The standard InChI is InChI=1S/C24H25FN2O2/c1-27(2)23(20-7-6-8-21(25)15-20)16-26-24(28)19-13-11-18(12-14-19)17-29-22-9-4-3-5-10-22/h3-15,23H,16-17H2,1-2H3,(H,26,28)/t23-/m1/s1. The summed E-state index contributed by atoms with van der Waals surface area (Å²) in [6.45, 7) is 0.822. The lowest BCUT2D eigenvalue weighted by molar-refractivity contribution is 0.0942. The molecule has 1 N–H and O–H groups in total. The molecule has 0 heterocycles. The van der Waals surface area contributed by atoms with Gasteiger partial charge in [0.05, 0.1) is 6.04 Å². The third-order valence-electron chi connectivity index (χ3n) is 4.68. The summed E-state index contributed by atoms with van der Waals surface area (Å²) >= 11 is 0. The number of nitrogens with zero attached hydrogens (tertiary/aromatic N) is 1. The summed E-state index contributed by atoms with van der Waals surface area (Å²) in [6.07, 6.45) is 0. The highest BCUT2D eigenvalue weighted by molar-refractivity contribution is 5.94. The fourth-order valence-corrected chi connectivity index (χ4v) is 3.04. The van der Waals surface area contributed by atoms with Crippen molar-refractivity contribution in [2.24, 2.45) is 0 Å². The number of amides is 1. The Balaban J connectivity index is 1.57. The van der Waals surface area contributed by atoms with Gasteiger partial charge in [-0.25, -0.2) is 4.39 Å². The van der Waals surface area contributed by atoms with E-state index in [-0.39, 0.29) is 17.8 Å². The maximum Gasteiger partial charge on any atom is 0.251 e. The zero-order valence-corrected chi connectivity index (χ0v) is 16.6. The van der Waals surface area contributed by atoms with Crippen molar-refractivity contribution >= 4 is 5.91 Å². The molecular weight excluding hydrogens is 367 g/mol. The van der Waals surface area contributed by atoms with E-state index in [1.165, 1.54) is 12.1 Å². The van der Waals surface area contributed by atoms with Gasteiger partial charge in [-0.1, -0.05) is 42.5 Å². The van der Waals surface area contributed by atoms with Gasteiger partial charge in [0, 0.05) is 12.1 Å². The predicted octanol–water partition coefficient (Wildman–Crippen LogP) is 4.44. The van der Waals surface area contributed by atoms with Gasteiger partial charge in [0.25, 0.3) is 5.91 Å². The van der Waals surface area contributed by atoms with E-state index in [0.717, 1.165) is 16.9 Å². The first-order valence-electron chi connectivity index (χ1n) is 9.50. The molecule has 0 radical (unpaired) electrons. The van der Waals surface area contributed by atoms with Crippen molar-refractivity contribution in [2.75, 3.05) is 20.6 Å². The number of para-hydroxylation sites is 1. The van der Waals surface area contributed by atoms with Crippen LogP contribution < -0.4 is 10.1 Å². The molecule has 0 aliphatic heterocycles. The zero-order chi connectivity index (χ0) is 20.6. The molecular formula is C24H25FN2O2. The van der Waals surface area contributed by atoms with Crippen molar-refractivity contribution in [1.82, 2.24) is 10.2 Å². The summed E-state index contributed by atoms with van der Waals surface area (Å²) in [4.78, 5) is 14.5. The molecule has 150 valence electrons. The highest BCUT2D eigenvalue weighted by atomic mass is 19.1. The predicted molar refractivity (Wildman–Crippen MR) is 112 cm³/mol. The normalized spacial score (nSPS) is 11.9. The number of carbonyl (C=O) groups excluding carboxylic acids is 1. The molecule has 3 aromatic rings. The minimum absolute atomic E-state index is 0.117. The Morgan fingerprint density at radius 1 is 1.00 bits per heavy atom. The van der Waals surface area contributed by atoms with Gasteiger partial charge in [0.2, 0.25) is 0 Å². The van der Waals surface area contributed by atoms with Crippen LogP contribution >= 0.6 is 0 Å². The van der Waals surface area contributed by atoms with Crippen LogP contribution in [0.5, 0.6) is 5.75 Å². The first-order valence-corrected chi connectivity index (χ1v) is 9.50. The van der Waals surface area contributed by atoms with Gasteiger partial charge < -0.3 is 15.0 Å². The summed E-state index contributed by atoms with van der Waals surface area (Å²) in [6, 6.07) is 23.3. The van der Waals surface area contributed by atoms with Crippen molar-refractivity contribution in [3.05, 3.63) is 101 Å². The van der Waals surface area contributed by atoms with Gasteiger partial charge in [0.15, 0.2) is 0 Å². The van der Waals surface area contributed by atoms with E-state index in [9.17, 15) is 9.18 Å². The van der Waals surface area contributed by atoms with Crippen LogP contribution in [0.25, 0.3) is 0 Å². The first kappa shape index (κ1) is 20.6. The number of carbonyl (C=O) groups is 1. The summed E-state index contributed by atoms with van der Waals surface area (Å²) < 4.78 is 19.3. The number of hydrogen-bond donors (Lipinski definition) is 1. The Morgan fingerprint density at radius 2 is 1.72 bits per heavy atom. The molecule has 1 atom stereocenters. The summed E-state index contributed by atoms with van der Waals surface area (Å²) in [5, 5.41) is 2.94. The van der Waals surface area contributed by atoms with Crippen molar-refractivity contribution in [2.45, 2.75) is 12.6 Å². The zero-order valence-electron chi connectivity index (χ0n) is 16.6. The second-order valence-corrected chi connectivity index (χ2v) is 7.04. The Bertz CT molecular complexity index is 927. The van der Waals surface area contributed by atoms with Crippen LogP contribution in [-0.4, -0.2) is 31.4 Å². The number of likely N-dealkylation sites (N-methyl/N-ethyl adjacent to an activating group) is 1. The number of hydrogen-bond acceptors (Lipinski definition) is 3. The van der Waals surface area contributed by atoms with E-state index in [4.69, 9.17) is 4.74 Å². The summed E-state index contributed by atoms with van der Waals surface area (Å²) in [5.74, 6) is 0.360. The molecule has 4 nitrogen and oxygen atoms in total. The van der Waals surface area contributed by atoms with E-state index < -0.39 is 0 Å². The second kappa shape index (κ2) is 9.85. The Hall–Kier alpha value is -3.18. The van der Waals surface area contributed by atoms with Crippen molar-refractivity contribution in [1.29, 1.82) is 0 Å². The molecule has 3 aromatic carbocycles. The Morgan fingerprint density at radius 3 is 2.38 bits per heavy atom. The van der Waals surface area contributed by atoms with Crippen LogP contribution in [0.4, 0.5) is 4.39 Å². The van der Waals surface area contributed by atoms with Crippen molar-refractivity contribution in [3.63, 3.8) is 0 Å². The molecule has 0 unspecified atom stereocenters. The molecule has 0 aliphatic rings. The fourth-order valence-electron chi connectivity index (χ4n) is 3.04. The molecule has 0 spiro atoms. The SMILES string of the molecule is CN(C)[C@H](CNC(=O)c1ccc(COc2ccccc2)cc1)c1cccc(F)c1. The Labute approximate surface area is 170 Å². The highest BCUT2D eigenvalue weighted by Gasteiger charge is 2.16. The molecule has 0 saturated heterocycles. The summed E-state index contributed by atoms with van der Waals surface area (Å²) in [5.41, 5.74) is 2.38. The quantitative estimate of drug-likeness (QED) is 0.616. The minimum Gasteiger partial charge on any atom is -0.489 e. The molecule has 0 aliphatic carbocycles.